The van der Waals surface area contributed by atoms with Gasteiger partial charge in [0.2, 0.25) is 0 Å². The molecule has 76 valence electrons. The molecule has 14 heavy (non-hydrogen) atoms. The summed E-state index contributed by atoms with van der Waals surface area (Å²) in [5.74, 6) is 2.65. The minimum absolute atomic E-state index is 0.117. The summed E-state index contributed by atoms with van der Waals surface area (Å²) in [5.41, 5.74) is 2.46. The van der Waals surface area contributed by atoms with Crippen molar-refractivity contribution >= 4 is 0 Å². The third kappa shape index (κ3) is 2.38. The molecule has 0 atom stereocenters. The summed E-state index contributed by atoms with van der Waals surface area (Å²) >= 11 is 0. The van der Waals surface area contributed by atoms with Gasteiger partial charge in [-0.3, -0.25) is 4.68 Å². The first-order valence-electron chi connectivity index (χ1n) is 4.92. The third-order valence-corrected chi connectivity index (χ3v) is 2.27. The first-order chi connectivity index (χ1) is 6.45. The standard InChI is InChI=1S/C12H18N2/c1-6-7-8-10-9-11(12(2,3)4)13-14(10)5/h1,9H,7-8H2,2-5H3. The lowest BCUT2D eigenvalue weighted by atomic mass is 9.92. The van der Waals surface area contributed by atoms with Crippen LogP contribution in [0.5, 0.6) is 0 Å². The van der Waals surface area contributed by atoms with Crippen LogP contribution in [-0.4, -0.2) is 9.78 Å². The second-order valence-electron chi connectivity index (χ2n) is 4.60. The fourth-order valence-electron chi connectivity index (χ4n) is 1.31. The Morgan fingerprint density at radius 3 is 2.57 bits per heavy atom. The molecular formula is C12H18N2. The second-order valence-corrected chi connectivity index (χ2v) is 4.60. The molecule has 0 N–H and O–H groups in total. The molecule has 0 aliphatic heterocycles. The van der Waals surface area contributed by atoms with E-state index >= 15 is 0 Å². The fraction of sp³-hybridized carbons (Fsp3) is 0.583. The third-order valence-electron chi connectivity index (χ3n) is 2.27. The molecule has 1 aromatic rings. The lowest BCUT2D eigenvalue weighted by molar-refractivity contribution is 0.551. The highest BCUT2D eigenvalue weighted by Gasteiger charge is 2.18. The molecule has 0 bridgehead atoms. The van der Waals surface area contributed by atoms with Crippen molar-refractivity contribution in [3.63, 3.8) is 0 Å². The van der Waals surface area contributed by atoms with E-state index in [4.69, 9.17) is 6.42 Å². The molecule has 0 fully saturated rings. The minimum Gasteiger partial charge on any atom is -0.272 e. The van der Waals surface area contributed by atoms with Crippen molar-refractivity contribution in [2.75, 3.05) is 0 Å². The van der Waals surface area contributed by atoms with E-state index in [9.17, 15) is 0 Å². The van der Waals surface area contributed by atoms with Crippen molar-refractivity contribution in [2.45, 2.75) is 39.0 Å². The average Bonchev–Trinajstić information content (AvgIpc) is 2.43. The Labute approximate surface area is 86.3 Å². The van der Waals surface area contributed by atoms with Crippen LogP contribution in [0.4, 0.5) is 0 Å². The normalized spacial score (nSPS) is 11.4. The quantitative estimate of drug-likeness (QED) is 0.654. The van der Waals surface area contributed by atoms with Crippen molar-refractivity contribution < 1.29 is 0 Å². The number of aryl methyl sites for hydroxylation is 2. The van der Waals surface area contributed by atoms with Crippen LogP contribution < -0.4 is 0 Å². The fourth-order valence-corrected chi connectivity index (χ4v) is 1.31. The Balaban J connectivity index is 2.89. The number of hydrogen-bond donors (Lipinski definition) is 0. The summed E-state index contributed by atoms with van der Waals surface area (Å²) < 4.78 is 1.93. The molecule has 0 saturated carbocycles. The topological polar surface area (TPSA) is 17.8 Å². The van der Waals surface area contributed by atoms with Crippen LogP contribution in [0.3, 0.4) is 0 Å². The van der Waals surface area contributed by atoms with Gasteiger partial charge in [0, 0.05) is 31.0 Å². The van der Waals surface area contributed by atoms with E-state index in [0.29, 0.717) is 0 Å². The number of rotatable bonds is 2. The van der Waals surface area contributed by atoms with E-state index in [2.05, 4.69) is 37.9 Å². The van der Waals surface area contributed by atoms with E-state index in [1.54, 1.807) is 0 Å². The highest BCUT2D eigenvalue weighted by molar-refractivity contribution is 5.18. The van der Waals surface area contributed by atoms with Crippen molar-refractivity contribution in [3.05, 3.63) is 17.5 Å². The number of aromatic nitrogens is 2. The van der Waals surface area contributed by atoms with E-state index in [1.165, 1.54) is 5.69 Å². The Hall–Kier alpha value is -1.23. The molecule has 0 unspecified atom stereocenters. The van der Waals surface area contributed by atoms with Crippen molar-refractivity contribution in [1.82, 2.24) is 9.78 Å². The van der Waals surface area contributed by atoms with Gasteiger partial charge in [-0.2, -0.15) is 5.10 Å². The predicted octanol–water partition coefficient (Wildman–Crippen LogP) is 2.28. The zero-order valence-electron chi connectivity index (χ0n) is 9.46. The van der Waals surface area contributed by atoms with Gasteiger partial charge in [-0.05, 0) is 6.07 Å². The maximum atomic E-state index is 5.24. The maximum Gasteiger partial charge on any atom is 0.0680 e. The lowest BCUT2D eigenvalue weighted by Gasteiger charge is -2.13. The summed E-state index contributed by atoms with van der Waals surface area (Å²) in [4.78, 5) is 0. The molecule has 0 saturated heterocycles. The van der Waals surface area contributed by atoms with Gasteiger partial charge < -0.3 is 0 Å². The van der Waals surface area contributed by atoms with E-state index in [-0.39, 0.29) is 5.41 Å². The van der Waals surface area contributed by atoms with Gasteiger partial charge in [-0.15, -0.1) is 12.3 Å². The van der Waals surface area contributed by atoms with Gasteiger partial charge in [0.1, 0.15) is 0 Å². The van der Waals surface area contributed by atoms with Gasteiger partial charge in [0.15, 0.2) is 0 Å². The summed E-state index contributed by atoms with van der Waals surface area (Å²) in [5, 5.41) is 4.48. The van der Waals surface area contributed by atoms with E-state index in [0.717, 1.165) is 18.5 Å². The Kier molecular flexibility index (Phi) is 3.00. The molecule has 0 spiro atoms. The SMILES string of the molecule is C#CCCc1cc(C(C)(C)C)nn1C. The van der Waals surface area contributed by atoms with E-state index in [1.807, 2.05) is 11.7 Å². The zero-order chi connectivity index (χ0) is 10.8. The summed E-state index contributed by atoms with van der Waals surface area (Å²) in [6.45, 7) is 6.50. The summed E-state index contributed by atoms with van der Waals surface area (Å²) in [6.07, 6.45) is 6.93. The van der Waals surface area contributed by atoms with Crippen LogP contribution in [0.15, 0.2) is 6.07 Å². The highest BCUT2D eigenvalue weighted by atomic mass is 15.3. The van der Waals surface area contributed by atoms with Crippen molar-refractivity contribution in [1.29, 1.82) is 0 Å². The summed E-state index contributed by atoms with van der Waals surface area (Å²) in [7, 11) is 1.97. The molecule has 2 heteroatoms. The average molecular weight is 190 g/mol. The zero-order valence-corrected chi connectivity index (χ0v) is 9.46. The van der Waals surface area contributed by atoms with Crippen LogP contribution >= 0.6 is 0 Å². The Morgan fingerprint density at radius 2 is 2.14 bits per heavy atom. The lowest BCUT2D eigenvalue weighted by Crippen LogP contribution is -2.12. The van der Waals surface area contributed by atoms with Gasteiger partial charge >= 0.3 is 0 Å². The van der Waals surface area contributed by atoms with Crippen LogP contribution in [0, 0.1) is 12.3 Å². The smallest absolute Gasteiger partial charge is 0.0680 e. The first kappa shape index (κ1) is 10.8. The molecule has 0 amide bonds. The molecule has 0 aliphatic rings. The van der Waals surface area contributed by atoms with Crippen LogP contribution in [0.1, 0.15) is 38.6 Å². The van der Waals surface area contributed by atoms with Gasteiger partial charge in [-0.25, -0.2) is 0 Å². The number of hydrogen-bond acceptors (Lipinski definition) is 1. The molecule has 2 nitrogen and oxygen atoms in total. The highest BCUT2D eigenvalue weighted by Crippen LogP contribution is 2.21. The molecule has 0 aliphatic carbocycles. The van der Waals surface area contributed by atoms with Crippen LogP contribution in [0.2, 0.25) is 0 Å². The van der Waals surface area contributed by atoms with Crippen molar-refractivity contribution in [2.24, 2.45) is 7.05 Å². The number of nitrogens with zero attached hydrogens (tertiary/aromatic N) is 2. The minimum atomic E-state index is 0.117. The second kappa shape index (κ2) is 3.88. The van der Waals surface area contributed by atoms with Gasteiger partial charge in [0.05, 0.1) is 5.69 Å². The molecular weight excluding hydrogens is 172 g/mol. The Morgan fingerprint density at radius 1 is 1.50 bits per heavy atom. The molecule has 0 aromatic carbocycles. The van der Waals surface area contributed by atoms with Crippen molar-refractivity contribution in [3.8, 4) is 12.3 Å². The molecule has 1 rings (SSSR count). The van der Waals surface area contributed by atoms with Gasteiger partial charge in [0.25, 0.3) is 0 Å². The molecule has 1 heterocycles. The first-order valence-corrected chi connectivity index (χ1v) is 4.92. The Bertz CT molecular complexity index is 347. The molecule has 0 radical (unpaired) electrons. The number of terminal acetylenes is 1. The van der Waals surface area contributed by atoms with Crippen LogP contribution in [0.25, 0.3) is 0 Å². The van der Waals surface area contributed by atoms with Crippen LogP contribution in [-0.2, 0) is 18.9 Å². The van der Waals surface area contributed by atoms with E-state index < -0.39 is 0 Å². The predicted molar refractivity (Wildman–Crippen MR) is 59.1 cm³/mol. The maximum absolute atomic E-state index is 5.24. The van der Waals surface area contributed by atoms with Gasteiger partial charge in [-0.1, -0.05) is 20.8 Å². The summed E-state index contributed by atoms with van der Waals surface area (Å²) in [6, 6.07) is 2.15. The largest absolute Gasteiger partial charge is 0.272 e. The monoisotopic (exact) mass is 190 g/mol. The molecule has 1 aromatic heterocycles.